The van der Waals surface area contributed by atoms with Crippen LogP contribution in [0.4, 0.5) is 14.5 Å². The van der Waals surface area contributed by atoms with E-state index >= 15 is 0 Å². The van der Waals surface area contributed by atoms with Gasteiger partial charge < -0.3 is 14.3 Å². The van der Waals surface area contributed by atoms with Gasteiger partial charge in [0, 0.05) is 43.7 Å². The highest BCUT2D eigenvalue weighted by Crippen LogP contribution is 2.25. The fraction of sp³-hybridized carbons (Fsp3) is 0.273. The van der Waals surface area contributed by atoms with Crippen LogP contribution >= 0.6 is 0 Å². The monoisotopic (exact) mass is 397 g/mol. The van der Waals surface area contributed by atoms with Crippen LogP contribution in [0.3, 0.4) is 0 Å². The molecule has 2 heterocycles. The number of rotatable bonds is 5. The molecule has 0 bridgehead atoms. The highest BCUT2D eigenvalue weighted by atomic mass is 19.1. The van der Waals surface area contributed by atoms with Crippen LogP contribution in [0.25, 0.3) is 11.3 Å². The van der Waals surface area contributed by atoms with E-state index in [1.165, 1.54) is 18.2 Å². The normalized spacial score (nSPS) is 14.3. The van der Waals surface area contributed by atoms with E-state index in [2.05, 4.69) is 5.16 Å². The molecule has 5 nitrogen and oxygen atoms in total. The Bertz CT molecular complexity index is 980. The Morgan fingerprint density at radius 3 is 2.45 bits per heavy atom. The van der Waals surface area contributed by atoms with Crippen LogP contribution < -0.4 is 4.90 Å². The predicted octanol–water partition coefficient (Wildman–Crippen LogP) is 3.90. The van der Waals surface area contributed by atoms with Crippen LogP contribution in [-0.4, -0.2) is 42.1 Å². The molecule has 1 amide bonds. The van der Waals surface area contributed by atoms with E-state index in [0.717, 1.165) is 11.1 Å². The molecule has 29 heavy (non-hydrogen) atoms. The first-order chi connectivity index (χ1) is 14.1. The lowest BCUT2D eigenvalue weighted by Gasteiger charge is -2.36. The number of carbonyl (C=O) groups excluding carboxylic acids is 1. The summed E-state index contributed by atoms with van der Waals surface area (Å²) in [7, 11) is 0. The van der Waals surface area contributed by atoms with E-state index in [1.807, 2.05) is 15.9 Å². The lowest BCUT2D eigenvalue weighted by Crippen LogP contribution is -2.49. The number of para-hydroxylation sites is 1. The number of aryl methyl sites for hydroxylation is 1. The number of benzene rings is 2. The van der Waals surface area contributed by atoms with Gasteiger partial charge in [-0.25, -0.2) is 8.78 Å². The summed E-state index contributed by atoms with van der Waals surface area (Å²) in [5.41, 5.74) is 2.12. The van der Waals surface area contributed by atoms with Crippen molar-refractivity contribution in [3.05, 3.63) is 71.9 Å². The summed E-state index contributed by atoms with van der Waals surface area (Å²) in [6.45, 7) is 2.31. The van der Waals surface area contributed by atoms with E-state index in [0.29, 0.717) is 50.5 Å². The molecule has 0 saturated carbocycles. The molecule has 0 atom stereocenters. The van der Waals surface area contributed by atoms with Gasteiger partial charge in [0.25, 0.3) is 0 Å². The summed E-state index contributed by atoms with van der Waals surface area (Å²) in [5, 5.41) is 3.83. The van der Waals surface area contributed by atoms with Crippen LogP contribution in [-0.2, 0) is 11.2 Å². The Morgan fingerprint density at radius 2 is 1.72 bits per heavy atom. The zero-order chi connectivity index (χ0) is 20.2. The molecule has 150 valence electrons. The topological polar surface area (TPSA) is 49.6 Å². The maximum atomic E-state index is 13.9. The second-order valence-corrected chi connectivity index (χ2v) is 7.01. The number of amides is 1. The number of halogens is 2. The average molecular weight is 397 g/mol. The summed E-state index contributed by atoms with van der Waals surface area (Å²) >= 11 is 0. The third-order valence-electron chi connectivity index (χ3n) is 5.18. The number of carbonyl (C=O) groups is 1. The summed E-state index contributed by atoms with van der Waals surface area (Å²) in [4.78, 5) is 16.4. The molecule has 1 saturated heterocycles. The van der Waals surface area contributed by atoms with Crippen molar-refractivity contribution in [2.24, 2.45) is 0 Å². The Balaban J connectivity index is 1.33. The molecule has 0 N–H and O–H groups in total. The van der Waals surface area contributed by atoms with Crippen molar-refractivity contribution in [1.82, 2.24) is 10.1 Å². The van der Waals surface area contributed by atoms with Crippen molar-refractivity contribution in [2.45, 2.75) is 12.8 Å². The van der Waals surface area contributed by atoms with Crippen LogP contribution in [0.5, 0.6) is 0 Å². The third-order valence-corrected chi connectivity index (χ3v) is 5.18. The fourth-order valence-electron chi connectivity index (χ4n) is 3.58. The molecule has 0 unspecified atom stereocenters. The molecule has 1 aliphatic rings. The van der Waals surface area contributed by atoms with E-state index in [1.54, 1.807) is 30.5 Å². The summed E-state index contributed by atoms with van der Waals surface area (Å²) < 4.78 is 32.4. The average Bonchev–Trinajstić information content (AvgIpc) is 3.22. The molecule has 0 aliphatic carbocycles. The number of piperazine rings is 1. The van der Waals surface area contributed by atoms with Crippen molar-refractivity contribution in [3.8, 4) is 11.3 Å². The highest BCUT2D eigenvalue weighted by molar-refractivity contribution is 5.77. The molecule has 4 rings (SSSR count). The van der Waals surface area contributed by atoms with Gasteiger partial charge in [0.05, 0.1) is 11.9 Å². The first-order valence-corrected chi connectivity index (χ1v) is 9.58. The van der Waals surface area contributed by atoms with Crippen molar-refractivity contribution >= 4 is 11.6 Å². The van der Waals surface area contributed by atoms with Crippen LogP contribution in [0.2, 0.25) is 0 Å². The Hall–Kier alpha value is -3.22. The first-order valence-electron chi connectivity index (χ1n) is 9.58. The zero-order valence-electron chi connectivity index (χ0n) is 15.9. The van der Waals surface area contributed by atoms with Crippen molar-refractivity contribution in [2.75, 3.05) is 31.1 Å². The van der Waals surface area contributed by atoms with Crippen LogP contribution in [0.1, 0.15) is 12.0 Å². The van der Waals surface area contributed by atoms with Crippen molar-refractivity contribution in [3.63, 3.8) is 0 Å². The van der Waals surface area contributed by atoms with Gasteiger partial charge in [0.1, 0.15) is 11.6 Å². The second-order valence-electron chi connectivity index (χ2n) is 7.01. The molecule has 3 aromatic rings. The maximum Gasteiger partial charge on any atom is 0.223 e. The van der Waals surface area contributed by atoms with E-state index < -0.39 is 0 Å². The summed E-state index contributed by atoms with van der Waals surface area (Å²) in [6, 6.07) is 12.7. The fourth-order valence-corrected chi connectivity index (χ4v) is 3.58. The Morgan fingerprint density at radius 1 is 1.00 bits per heavy atom. The number of anilines is 1. The lowest BCUT2D eigenvalue weighted by atomic mass is 10.0. The molecule has 7 heteroatoms. The Kier molecular flexibility index (Phi) is 5.55. The van der Waals surface area contributed by atoms with Crippen molar-refractivity contribution in [1.29, 1.82) is 0 Å². The number of hydrogen-bond donors (Lipinski definition) is 0. The number of nitrogens with zero attached hydrogens (tertiary/aromatic N) is 3. The minimum absolute atomic E-state index is 0.0458. The lowest BCUT2D eigenvalue weighted by molar-refractivity contribution is -0.131. The van der Waals surface area contributed by atoms with E-state index in [4.69, 9.17) is 4.52 Å². The van der Waals surface area contributed by atoms with Gasteiger partial charge in [-0.15, -0.1) is 0 Å². The smallest absolute Gasteiger partial charge is 0.223 e. The van der Waals surface area contributed by atoms with Gasteiger partial charge in [-0.1, -0.05) is 17.3 Å². The van der Waals surface area contributed by atoms with E-state index in [9.17, 15) is 13.6 Å². The molecule has 2 aromatic carbocycles. The van der Waals surface area contributed by atoms with Gasteiger partial charge in [-0.05, 0) is 42.8 Å². The molecular formula is C22H21F2N3O2. The van der Waals surface area contributed by atoms with E-state index in [-0.39, 0.29) is 17.5 Å². The molecule has 1 aliphatic heterocycles. The second kappa shape index (κ2) is 8.43. The molecule has 1 aromatic heterocycles. The van der Waals surface area contributed by atoms with Gasteiger partial charge >= 0.3 is 0 Å². The Labute approximate surface area is 167 Å². The third kappa shape index (κ3) is 4.29. The quantitative estimate of drug-likeness (QED) is 0.655. The molecule has 0 spiro atoms. The molecule has 1 fully saturated rings. The summed E-state index contributed by atoms with van der Waals surface area (Å²) in [5.74, 6) is 0.0409. The van der Waals surface area contributed by atoms with Crippen LogP contribution in [0, 0.1) is 11.6 Å². The zero-order valence-corrected chi connectivity index (χ0v) is 15.9. The van der Waals surface area contributed by atoms with Crippen molar-refractivity contribution < 1.29 is 18.1 Å². The minimum atomic E-state index is -0.320. The number of hydrogen-bond acceptors (Lipinski definition) is 4. The van der Waals surface area contributed by atoms with Gasteiger partial charge in [0.15, 0.2) is 5.76 Å². The highest BCUT2D eigenvalue weighted by Gasteiger charge is 2.23. The van der Waals surface area contributed by atoms with Gasteiger partial charge in [-0.3, -0.25) is 4.79 Å². The number of aromatic nitrogens is 1. The van der Waals surface area contributed by atoms with Gasteiger partial charge in [0.2, 0.25) is 5.91 Å². The largest absolute Gasteiger partial charge is 0.366 e. The SMILES string of the molecule is O=C(CCc1cnoc1-c1ccc(F)cc1)N1CCN(c2ccccc2F)CC1. The standard InChI is InChI=1S/C22H21F2N3O2/c23-18-8-5-16(6-9-18)22-17(15-25-29-22)7-10-21(28)27-13-11-26(12-14-27)20-4-2-1-3-19(20)24/h1-6,8-9,15H,7,10-14H2. The molecule has 0 radical (unpaired) electrons. The maximum absolute atomic E-state index is 13.9. The predicted molar refractivity (Wildman–Crippen MR) is 105 cm³/mol. The molecular weight excluding hydrogens is 376 g/mol. The first kappa shape index (κ1) is 19.1. The van der Waals surface area contributed by atoms with Crippen LogP contribution in [0.15, 0.2) is 59.3 Å². The minimum Gasteiger partial charge on any atom is -0.366 e. The van der Waals surface area contributed by atoms with Gasteiger partial charge in [-0.2, -0.15) is 0 Å². The summed E-state index contributed by atoms with van der Waals surface area (Å²) in [6.07, 6.45) is 2.42.